The molecule has 0 aromatic carbocycles. The summed E-state index contributed by atoms with van der Waals surface area (Å²) in [6, 6.07) is 0. The lowest BCUT2D eigenvalue weighted by molar-refractivity contribution is 0.0389. The highest BCUT2D eigenvalue weighted by Crippen LogP contribution is 2.29. The van der Waals surface area contributed by atoms with Gasteiger partial charge in [-0.25, -0.2) is 0 Å². The van der Waals surface area contributed by atoms with Gasteiger partial charge in [0.25, 0.3) is 0 Å². The van der Waals surface area contributed by atoms with Gasteiger partial charge in [0.2, 0.25) is 0 Å². The first-order valence-corrected chi connectivity index (χ1v) is 8.87. The fourth-order valence-corrected chi connectivity index (χ4v) is 2.89. The Morgan fingerprint density at radius 3 is 2.67 bits per heavy atom. The first kappa shape index (κ1) is 18.2. The van der Waals surface area contributed by atoms with Crippen LogP contribution in [0.4, 0.5) is 0 Å². The lowest BCUT2D eigenvalue weighted by Gasteiger charge is -2.25. The molecule has 0 aromatic heterocycles. The highest BCUT2D eigenvalue weighted by molar-refractivity contribution is 5.31. The molecule has 21 heavy (non-hydrogen) atoms. The van der Waals surface area contributed by atoms with Crippen LogP contribution in [-0.4, -0.2) is 12.7 Å². The Labute approximate surface area is 132 Å². The summed E-state index contributed by atoms with van der Waals surface area (Å²) < 4.78 is 6.04. The van der Waals surface area contributed by atoms with Crippen molar-refractivity contribution in [2.75, 3.05) is 6.61 Å². The molecule has 0 bridgehead atoms. The molecule has 0 saturated carbocycles. The van der Waals surface area contributed by atoms with Gasteiger partial charge in [0.15, 0.2) is 0 Å². The van der Waals surface area contributed by atoms with Gasteiger partial charge in [0, 0.05) is 12.5 Å². The minimum atomic E-state index is 0.299. The number of allylic oxidation sites excluding steroid dienone is 5. The van der Waals surface area contributed by atoms with E-state index < -0.39 is 0 Å². The van der Waals surface area contributed by atoms with E-state index in [0.717, 1.165) is 13.0 Å². The van der Waals surface area contributed by atoms with Gasteiger partial charge in [0.05, 0.1) is 6.10 Å². The van der Waals surface area contributed by atoms with Crippen LogP contribution in [0.5, 0.6) is 0 Å². The number of hydrogen-bond acceptors (Lipinski definition) is 1. The largest absolute Gasteiger partial charge is 0.378 e. The van der Waals surface area contributed by atoms with E-state index in [9.17, 15) is 0 Å². The average molecular weight is 290 g/mol. The minimum absolute atomic E-state index is 0.299. The van der Waals surface area contributed by atoms with Crippen LogP contribution in [0.15, 0.2) is 35.5 Å². The molecule has 2 atom stereocenters. The highest BCUT2D eigenvalue weighted by Gasteiger charge is 2.18. The molecule has 0 spiro atoms. The van der Waals surface area contributed by atoms with E-state index in [-0.39, 0.29) is 0 Å². The van der Waals surface area contributed by atoms with E-state index in [1.54, 1.807) is 5.57 Å². The zero-order valence-electron chi connectivity index (χ0n) is 14.5. The van der Waals surface area contributed by atoms with Crippen molar-refractivity contribution >= 4 is 0 Å². The molecule has 1 nitrogen and oxygen atoms in total. The normalized spacial score (nSPS) is 20.6. The van der Waals surface area contributed by atoms with Crippen molar-refractivity contribution in [1.82, 2.24) is 0 Å². The molecule has 1 heteroatoms. The fraction of sp³-hybridized carbons (Fsp3) is 0.700. The Hall–Kier alpha value is -0.820. The van der Waals surface area contributed by atoms with Gasteiger partial charge in [-0.1, -0.05) is 63.5 Å². The van der Waals surface area contributed by atoms with Gasteiger partial charge in [-0.3, -0.25) is 0 Å². The molecule has 0 radical (unpaired) electrons. The predicted molar refractivity (Wildman–Crippen MR) is 93.6 cm³/mol. The quantitative estimate of drug-likeness (QED) is 0.482. The summed E-state index contributed by atoms with van der Waals surface area (Å²) in [6.07, 6.45) is 17.9. The molecule has 0 saturated heterocycles. The number of rotatable bonds is 8. The maximum absolute atomic E-state index is 6.04. The van der Waals surface area contributed by atoms with Crippen LogP contribution in [0.1, 0.15) is 72.6 Å². The van der Waals surface area contributed by atoms with Crippen LogP contribution < -0.4 is 0 Å². The maximum Gasteiger partial charge on any atom is 0.0612 e. The second-order valence-corrected chi connectivity index (χ2v) is 6.21. The number of hydrogen-bond donors (Lipinski definition) is 0. The molecular weight excluding hydrogens is 256 g/mol. The molecule has 0 aliphatic heterocycles. The van der Waals surface area contributed by atoms with Crippen LogP contribution >= 0.6 is 0 Å². The van der Waals surface area contributed by atoms with Crippen molar-refractivity contribution in [2.24, 2.45) is 5.92 Å². The molecule has 0 aromatic rings. The molecule has 1 rings (SSSR count). The smallest absolute Gasteiger partial charge is 0.0612 e. The summed E-state index contributed by atoms with van der Waals surface area (Å²) in [5.41, 5.74) is 3.17. The van der Waals surface area contributed by atoms with Gasteiger partial charge in [-0.05, 0) is 44.6 Å². The first-order valence-electron chi connectivity index (χ1n) is 8.87. The first-order chi connectivity index (χ1) is 10.2. The van der Waals surface area contributed by atoms with Gasteiger partial charge >= 0.3 is 0 Å². The molecule has 120 valence electrons. The molecule has 0 amide bonds. The molecule has 0 N–H and O–H groups in total. The standard InChI is InChI=1S/C20H34O/c1-5-7-16-21-18(4)17(3)20-15-12-10-8-9-11-14-19(20)13-6-2/h8,10,12,15,17-18H,5-7,9,11,13-14,16H2,1-4H3/b10-8-,15-12?,20-19?. The average Bonchev–Trinajstić information content (AvgIpc) is 2.59. The van der Waals surface area contributed by atoms with Crippen molar-refractivity contribution in [2.45, 2.75) is 78.7 Å². The second kappa shape index (κ2) is 10.8. The zero-order valence-corrected chi connectivity index (χ0v) is 14.5. The summed E-state index contributed by atoms with van der Waals surface area (Å²) in [5, 5.41) is 0. The summed E-state index contributed by atoms with van der Waals surface area (Å²) in [7, 11) is 0. The van der Waals surface area contributed by atoms with E-state index >= 15 is 0 Å². The molecule has 2 unspecified atom stereocenters. The van der Waals surface area contributed by atoms with E-state index in [0.29, 0.717) is 12.0 Å². The Balaban J connectivity index is 2.84. The SMILES string of the molecule is CCCCOC(C)C(C)C1=C(CCC)CCC/C=C\C=C1. The second-order valence-electron chi connectivity index (χ2n) is 6.21. The molecule has 1 aliphatic carbocycles. The summed E-state index contributed by atoms with van der Waals surface area (Å²) in [6.45, 7) is 9.94. The summed E-state index contributed by atoms with van der Waals surface area (Å²) in [5.74, 6) is 0.478. The third-order valence-corrected chi connectivity index (χ3v) is 4.41. The third kappa shape index (κ3) is 6.65. The van der Waals surface area contributed by atoms with Gasteiger partial charge in [-0.2, -0.15) is 0 Å². The van der Waals surface area contributed by atoms with E-state index in [4.69, 9.17) is 4.74 Å². The third-order valence-electron chi connectivity index (χ3n) is 4.41. The predicted octanol–water partition coefficient (Wildman–Crippen LogP) is 6.22. The summed E-state index contributed by atoms with van der Waals surface area (Å²) >= 11 is 0. The zero-order chi connectivity index (χ0) is 15.5. The van der Waals surface area contributed by atoms with Crippen LogP contribution in [0, 0.1) is 5.92 Å². The number of ether oxygens (including phenoxy) is 1. The minimum Gasteiger partial charge on any atom is -0.378 e. The highest BCUT2D eigenvalue weighted by atomic mass is 16.5. The van der Waals surface area contributed by atoms with E-state index in [2.05, 4.69) is 52.0 Å². The Morgan fingerprint density at radius 2 is 1.95 bits per heavy atom. The molecule has 1 aliphatic rings. The van der Waals surface area contributed by atoms with Crippen molar-refractivity contribution in [3.8, 4) is 0 Å². The van der Waals surface area contributed by atoms with Crippen LogP contribution in [0.25, 0.3) is 0 Å². The number of unbranched alkanes of at least 4 members (excludes halogenated alkanes) is 1. The Morgan fingerprint density at radius 1 is 1.14 bits per heavy atom. The fourth-order valence-electron chi connectivity index (χ4n) is 2.89. The van der Waals surface area contributed by atoms with Crippen LogP contribution in [-0.2, 0) is 4.74 Å². The van der Waals surface area contributed by atoms with Gasteiger partial charge in [0.1, 0.15) is 0 Å². The molecule has 0 fully saturated rings. The monoisotopic (exact) mass is 290 g/mol. The topological polar surface area (TPSA) is 9.23 Å². The van der Waals surface area contributed by atoms with E-state index in [1.807, 2.05) is 0 Å². The maximum atomic E-state index is 6.04. The van der Waals surface area contributed by atoms with Crippen molar-refractivity contribution < 1.29 is 4.74 Å². The Bertz CT molecular complexity index is 362. The lowest BCUT2D eigenvalue weighted by atomic mass is 9.87. The van der Waals surface area contributed by atoms with Crippen molar-refractivity contribution in [1.29, 1.82) is 0 Å². The van der Waals surface area contributed by atoms with Crippen molar-refractivity contribution in [3.63, 3.8) is 0 Å². The summed E-state index contributed by atoms with van der Waals surface area (Å²) in [4.78, 5) is 0. The van der Waals surface area contributed by atoms with Gasteiger partial charge in [-0.15, -0.1) is 0 Å². The van der Waals surface area contributed by atoms with Gasteiger partial charge < -0.3 is 4.74 Å². The van der Waals surface area contributed by atoms with Crippen LogP contribution in [0.2, 0.25) is 0 Å². The lowest BCUT2D eigenvalue weighted by Crippen LogP contribution is -2.21. The molecular formula is C20H34O. The molecule has 0 heterocycles. The van der Waals surface area contributed by atoms with Crippen molar-refractivity contribution in [3.05, 3.63) is 35.5 Å². The Kier molecular flexibility index (Phi) is 9.41. The van der Waals surface area contributed by atoms with Crippen LogP contribution in [0.3, 0.4) is 0 Å². The van der Waals surface area contributed by atoms with E-state index in [1.165, 1.54) is 44.1 Å².